The molecule has 0 aromatic heterocycles. The van der Waals surface area contributed by atoms with Gasteiger partial charge in [0, 0.05) is 23.9 Å². The number of nitrogens with one attached hydrogen (secondary N) is 2. The van der Waals surface area contributed by atoms with Crippen LogP contribution in [0.5, 0.6) is 5.75 Å². The summed E-state index contributed by atoms with van der Waals surface area (Å²) in [6.07, 6.45) is 2.43. The molecule has 7 heteroatoms. The second-order valence-electron chi connectivity index (χ2n) is 6.93. The van der Waals surface area contributed by atoms with E-state index in [1.807, 2.05) is 36.4 Å². The lowest BCUT2D eigenvalue weighted by Gasteiger charge is -2.09. The summed E-state index contributed by atoms with van der Waals surface area (Å²) < 4.78 is 9.69. The minimum atomic E-state index is -0.797. The van der Waals surface area contributed by atoms with Gasteiger partial charge in [0.2, 0.25) is 5.91 Å². The Balaban J connectivity index is 1.53. The molecule has 3 aromatic rings. The number of amides is 2. The van der Waals surface area contributed by atoms with E-state index in [0.717, 1.165) is 11.1 Å². The smallest absolute Gasteiger partial charge is 0.434 e. The van der Waals surface area contributed by atoms with Crippen molar-refractivity contribution in [3.05, 3.63) is 102 Å². The molecule has 0 radical (unpaired) electrons. The molecule has 0 saturated carbocycles. The van der Waals surface area contributed by atoms with Gasteiger partial charge in [-0.1, -0.05) is 42.5 Å². The summed E-state index contributed by atoms with van der Waals surface area (Å²) >= 11 is 0. The van der Waals surface area contributed by atoms with Crippen LogP contribution >= 0.6 is 0 Å². The molecule has 0 aliphatic rings. The normalized spacial score (nSPS) is 10.5. The Morgan fingerprint density at radius 1 is 0.909 bits per heavy atom. The lowest BCUT2D eigenvalue weighted by molar-refractivity contribution is -0.116. The molecule has 0 aliphatic heterocycles. The highest BCUT2D eigenvalue weighted by Gasteiger charge is 2.09. The van der Waals surface area contributed by atoms with Gasteiger partial charge in [-0.15, -0.1) is 0 Å². The number of benzene rings is 3. The van der Waals surface area contributed by atoms with Gasteiger partial charge >= 0.3 is 6.16 Å². The molecule has 0 atom stereocenters. The van der Waals surface area contributed by atoms with E-state index in [1.165, 1.54) is 18.2 Å². The SMILES string of the molecule is CCOC(=O)Oc1ccc(C(=O)Nc2cccc(CNC(=O)/C=C/c3ccccc3)c2)cc1. The van der Waals surface area contributed by atoms with Crippen LogP contribution in [0.2, 0.25) is 0 Å². The van der Waals surface area contributed by atoms with Crippen LogP contribution in [0, 0.1) is 0 Å². The topological polar surface area (TPSA) is 93.7 Å². The van der Waals surface area contributed by atoms with Crippen LogP contribution in [0.1, 0.15) is 28.4 Å². The third kappa shape index (κ3) is 7.66. The van der Waals surface area contributed by atoms with Crippen LogP contribution in [0.15, 0.2) is 84.9 Å². The highest BCUT2D eigenvalue weighted by Crippen LogP contribution is 2.16. The van der Waals surface area contributed by atoms with E-state index in [1.54, 1.807) is 43.3 Å². The number of rotatable bonds is 8. The molecule has 2 amide bonds. The van der Waals surface area contributed by atoms with Crippen molar-refractivity contribution in [3.8, 4) is 5.75 Å². The maximum Gasteiger partial charge on any atom is 0.513 e. The minimum absolute atomic E-state index is 0.210. The fraction of sp³-hybridized carbons (Fsp3) is 0.115. The molecule has 3 rings (SSSR count). The molecule has 7 nitrogen and oxygen atoms in total. The minimum Gasteiger partial charge on any atom is -0.434 e. The number of ether oxygens (including phenoxy) is 2. The first-order valence-electron chi connectivity index (χ1n) is 10.4. The fourth-order valence-electron chi connectivity index (χ4n) is 2.86. The summed E-state index contributed by atoms with van der Waals surface area (Å²) in [6, 6.07) is 22.9. The molecule has 2 N–H and O–H groups in total. The van der Waals surface area contributed by atoms with Gasteiger partial charge in [0.1, 0.15) is 5.75 Å². The van der Waals surface area contributed by atoms with Crippen molar-refractivity contribution in [2.75, 3.05) is 11.9 Å². The highest BCUT2D eigenvalue weighted by molar-refractivity contribution is 6.04. The molecule has 0 spiro atoms. The number of hydrogen-bond donors (Lipinski definition) is 2. The van der Waals surface area contributed by atoms with Gasteiger partial charge in [-0.2, -0.15) is 0 Å². The molecule has 0 aliphatic carbocycles. The molecule has 0 heterocycles. The fourth-order valence-corrected chi connectivity index (χ4v) is 2.86. The third-order valence-corrected chi connectivity index (χ3v) is 4.46. The first-order chi connectivity index (χ1) is 16.0. The van der Waals surface area contributed by atoms with E-state index in [-0.39, 0.29) is 24.2 Å². The van der Waals surface area contributed by atoms with Gasteiger partial charge in [0.15, 0.2) is 0 Å². The monoisotopic (exact) mass is 444 g/mol. The maximum absolute atomic E-state index is 12.5. The Hall–Kier alpha value is -4.39. The van der Waals surface area contributed by atoms with Crippen molar-refractivity contribution in [1.82, 2.24) is 5.32 Å². The van der Waals surface area contributed by atoms with Crippen LogP contribution in [0.3, 0.4) is 0 Å². The Kier molecular flexibility index (Phi) is 8.36. The predicted molar refractivity (Wildman–Crippen MR) is 126 cm³/mol. The van der Waals surface area contributed by atoms with Crippen molar-refractivity contribution in [1.29, 1.82) is 0 Å². The van der Waals surface area contributed by atoms with Gasteiger partial charge < -0.3 is 20.1 Å². The van der Waals surface area contributed by atoms with E-state index in [0.29, 0.717) is 17.8 Å². The molecule has 33 heavy (non-hydrogen) atoms. The van der Waals surface area contributed by atoms with Crippen LogP contribution in [0.25, 0.3) is 6.08 Å². The highest BCUT2D eigenvalue weighted by atomic mass is 16.7. The van der Waals surface area contributed by atoms with E-state index in [4.69, 9.17) is 9.47 Å². The first-order valence-corrected chi connectivity index (χ1v) is 10.4. The van der Waals surface area contributed by atoms with Crippen LogP contribution in [-0.2, 0) is 16.1 Å². The standard InChI is InChI=1S/C26H24N2O5/c1-2-32-26(31)33-23-14-12-21(13-15-23)25(30)28-22-10-6-9-20(17-22)18-27-24(29)16-11-19-7-4-3-5-8-19/h3-17H,2,18H2,1H3,(H,27,29)(H,28,30)/b16-11+. The third-order valence-electron chi connectivity index (χ3n) is 4.46. The summed E-state index contributed by atoms with van der Waals surface area (Å²) in [5.74, 6) is -0.243. The molecule has 168 valence electrons. The molecule has 0 bridgehead atoms. The van der Waals surface area contributed by atoms with Gasteiger partial charge in [-0.05, 0) is 60.5 Å². The molecule has 0 saturated heterocycles. The van der Waals surface area contributed by atoms with Gasteiger partial charge in [-0.3, -0.25) is 9.59 Å². The summed E-state index contributed by atoms with van der Waals surface area (Å²) in [7, 11) is 0. The Morgan fingerprint density at radius 3 is 2.39 bits per heavy atom. The van der Waals surface area contributed by atoms with Crippen LogP contribution < -0.4 is 15.4 Å². The number of carbonyl (C=O) groups excluding carboxylic acids is 3. The van der Waals surface area contributed by atoms with Gasteiger partial charge in [0.25, 0.3) is 5.91 Å². The van der Waals surface area contributed by atoms with Crippen molar-refractivity contribution in [3.63, 3.8) is 0 Å². The average Bonchev–Trinajstić information content (AvgIpc) is 2.83. The van der Waals surface area contributed by atoms with Crippen molar-refractivity contribution < 1.29 is 23.9 Å². The Labute approximate surface area is 192 Å². The van der Waals surface area contributed by atoms with Crippen molar-refractivity contribution >= 4 is 29.7 Å². The summed E-state index contributed by atoms with van der Waals surface area (Å²) in [4.78, 5) is 35.9. The lowest BCUT2D eigenvalue weighted by atomic mass is 10.1. The molecular formula is C26H24N2O5. The van der Waals surface area contributed by atoms with E-state index < -0.39 is 6.16 Å². The van der Waals surface area contributed by atoms with E-state index >= 15 is 0 Å². The second-order valence-corrected chi connectivity index (χ2v) is 6.93. The maximum atomic E-state index is 12.5. The zero-order chi connectivity index (χ0) is 23.5. The predicted octanol–water partition coefficient (Wildman–Crippen LogP) is 4.80. The lowest BCUT2D eigenvalue weighted by Crippen LogP contribution is -2.20. The van der Waals surface area contributed by atoms with Crippen molar-refractivity contribution in [2.24, 2.45) is 0 Å². The summed E-state index contributed by atoms with van der Waals surface area (Å²) in [5.41, 5.74) is 2.78. The molecular weight excluding hydrogens is 420 g/mol. The van der Waals surface area contributed by atoms with Crippen molar-refractivity contribution in [2.45, 2.75) is 13.5 Å². The van der Waals surface area contributed by atoms with Crippen LogP contribution in [-0.4, -0.2) is 24.6 Å². The van der Waals surface area contributed by atoms with E-state index in [2.05, 4.69) is 10.6 Å². The van der Waals surface area contributed by atoms with Gasteiger partial charge in [-0.25, -0.2) is 4.79 Å². The van der Waals surface area contributed by atoms with Crippen LogP contribution in [0.4, 0.5) is 10.5 Å². The number of anilines is 1. The first kappa shape index (κ1) is 23.3. The quantitative estimate of drug-likeness (QED) is 0.296. The number of hydrogen-bond acceptors (Lipinski definition) is 5. The summed E-state index contributed by atoms with van der Waals surface area (Å²) in [5, 5.41) is 5.64. The van der Waals surface area contributed by atoms with Gasteiger partial charge in [0.05, 0.1) is 6.61 Å². The summed E-state index contributed by atoms with van der Waals surface area (Å²) in [6.45, 7) is 2.22. The number of carbonyl (C=O) groups is 3. The zero-order valence-electron chi connectivity index (χ0n) is 18.1. The average molecular weight is 444 g/mol. The largest absolute Gasteiger partial charge is 0.513 e. The second kappa shape index (κ2) is 11.9. The van der Waals surface area contributed by atoms with E-state index in [9.17, 15) is 14.4 Å². The Morgan fingerprint density at radius 2 is 1.67 bits per heavy atom. The molecule has 0 unspecified atom stereocenters. The zero-order valence-corrected chi connectivity index (χ0v) is 18.1. The molecule has 0 fully saturated rings. The molecule has 3 aromatic carbocycles. The Bertz CT molecular complexity index is 1120.